The monoisotopic (exact) mass is 202 g/mol. The van der Waals surface area contributed by atoms with Gasteiger partial charge in [0.05, 0.1) is 5.69 Å². The fourth-order valence-electron chi connectivity index (χ4n) is 1.55. The van der Waals surface area contributed by atoms with E-state index in [2.05, 4.69) is 11.2 Å². The molecule has 1 aliphatic heterocycles. The van der Waals surface area contributed by atoms with E-state index in [1.807, 2.05) is 0 Å². The van der Waals surface area contributed by atoms with Gasteiger partial charge in [0.15, 0.2) is 5.60 Å². The van der Waals surface area contributed by atoms with E-state index in [1.54, 1.807) is 25.1 Å². The molecule has 0 saturated heterocycles. The van der Waals surface area contributed by atoms with Crippen LogP contribution in [0, 0.1) is 12.3 Å². The number of rotatable bonds is 0. The molecule has 0 bridgehead atoms. The summed E-state index contributed by atoms with van der Waals surface area (Å²) in [6, 6.07) is 5.11. The molecule has 1 heterocycles. The summed E-state index contributed by atoms with van der Waals surface area (Å²) in [4.78, 5) is 11.2. The van der Waals surface area contributed by atoms with Gasteiger partial charge in [-0.15, -0.1) is 6.42 Å². The number of terminal acetylenes is 1. The number of ether oxygens (including phenoxy) is 1. The zero-order chi connectivity index (χ0) is 11.1. The maximum Gasteiger partial charge on any atom is 0.413 e. The highest BCUT2D eigenvalue weighted by atomic mass is 16.6. The summed E-state index contributed by atoms with van der Waals surface area (Å²) in [7, 11) is 0. The Morgan fingerprint density at radius 3 is 3.00 bits per heavy atom. The summed E-state index contributed by atoms with van der Waals surface area (Å²) in [5.41, 5.74) is 6.52. The second-order valence-electron chi connectivity index (χ2n) is 3.50. The number of fused-ring (bicyclic) bond motifs is 1. The molecule has 4 heteroatoms. The molecule has 1 aromatic rings. The molecule has 0 aromatic heterocycles. The number of nitrogens with two attached hydrogens (primary N) is 1. The third-order valence-electron chi connectivity index (χ3n) is 2.37. The molecule has 2 rings (SSSR count). The lowest BCUT2D eigenvalue weighted by atomic mass is 9.93. The quantitative estimate of drug-likeness (QED) is 0.497. The molecule has 1 amide bonds. The number of carbonyl (C=O) groups excluding carboxylic acids is 1. The van der Waals surface area contributed by atoms with E-state index in [1.165, 1.54) is 0 Å². The highest BCUT2D eigenvalue weighted by molar-refractivity contribution is 5.89. The van der Waals surface area contributed by atoms with Crippen LogP contribution in [0.3, 0.4) is 0 Å². The second kappa shape index (κ2) is 2.92. The number of hydrogen-bond acceptors (Lipinski definition) is 3. The van der Waals surface area contributed by atoms with Crippen LogP contribution in [0.4, 0.5) is 16.2 Å². The summed E-state index contributed by atoms with van der Waals surface area (Å²) in [5.74, 6) is 2.46. The van der Waals surface area contributed by atoms with Crippen LogP contribution in [0.25, 0.3) is 0 Å². The number of nitrogen functional groups attached to an aromatic ring is 1. The van der Waals surface area contributed by atoms with Gasteiger partial charge in [-0.1, -0.05) is 5.92 Å². The molecule has 0 fully saturated rings. The van der Waals surface area contributed by atoms with Crippen LogP contribution in [-0.4, -0.2) is 6.09 Å². The third-order valence-corrected chi connectivity index (χ3v) is 2.37. The fraction of sp³-hybridized carbons (Fsp3) is 0.182. The molecule has 76 valence electrons. The minimum Gasteiger partial charge on any atom is -0.425 e. The Kier molecular flexibility index (Phi) is 1.83. The average Bonchev–Trinajstić information content (AvgIpc) is 2.19. The van der Waals surface area contributed by atoms with Gasteiger partial charge in [-0.05, 0) is 25.1 Å². The van der Waals surface area contributed by atoms with Crippen molar-refractivity contribution in [1.29, 1.82) is 0 Å². The van der Waals surface area contributed by atoms with Gasteiger partial charge in [-0.2, -0.15) is 0 Å². The van der Waals surface area contributed by atoms with Crippen molar-refractivity contribution >= 4 is 17.5 Å². The van der Waals surface area contributed by atoms with Crippen molar-refractivity contribution in [2.75, 3.05) is 11.1 Å². The highest BCUT2D eigenvalue weighted by Crippen LogP contribution is 2.36. The summed E-state index contributed by atoms with van der Waals surface area (Å²) in [6.45, 7) is 1.66. The molecule has 15 heavy (non-hydrogen) atoms. The number of benzene rings is 1. The van der Waals surface area contributed by atoms with Crippen LogP contribution in [0.2, 0.25) is 0 Å². The third kappa shape index (κ3) is 1.38. The summed E-state index contributed by atoms with van der Waals surface area (Å²) < 4.78 is 5.06. The van der Waals surface area contributed by atoms with Crippen molar-refractivity contribution in [3.63, 3.8) is 0 Å². The maximum absolute atomic E-state index is 11.2. The normalized spacial score (nSPS) is 23.3. The lowest BCUT2D eigenvalue weighted by molar-refractivity contribution is 0.0716. The van der Waals surface area contributed by atoms with Crippen LogP contribution in [0.5, 0.6) is 0 Å². The predicted molar refractivity (Wildman–Crippen MR) is 57.1 cm³/mol. The Bertz CT molecular complexity index is 476. The zero-order valence-electron chi connectivity index (χ0n) is 8.20. The van der Waals surface area contributed by atoms with Crippen LogP contribution in [0.15, 0.2) is 18.2 Å². The van der Waals surface area contributed by atoms with E-state index in [0.29, 0.717) is 16.9 Å². The Balaban J connectivity index is 2.64. The minimum atomic E-state index is -1.05. The SMILES string of the molecule is C#CC1(C)OC(=O)Nc2ccc(N)cc21. The van der Waals surface area contributed by atoms with Gasteiger partial charge in [0, 0.05) is 11.3 Å². The smallest absolute Gasteiger partial charge is 0.413 e. The van der Waals surface area contributed by atoms with Crippen LogP contribution < -0.4 is 11.1 Å². The van der Waals surface area contributed by atoms with E-state index in [-0.39, 0.29) is 0 Å². The molecule has 0 aliphatic carbocycles. The molecule has 0 spiro atoms. The molecule has 1 aromatic carbocycles. The van der Waals surface area contributed by atoms with Crippen LogP contribution >= 0.6 is 0 Å². The summed E-state index contributed by atoms with van der Waals surface area (Å²) in [5, 5.41) is 2.56. The highest BCUT2D eigenvalue weighted by Gasteiger charge is 2.36. The molecular weight excluding hydrogens is 192 g/mol. The molecule has 1 unspecified atom stereocenters. The van der Waals surface area contributed by atoms with Gasteiger partial charge in [0.1, 0.15) is 0 Å². The van der Waals surface area contributed by atoms with E-state index in [0.717, 1.165) is 0 Å². The minimum absolute atomic E-state index is 0.548. The van der Waals surface area contributed by atoms with Gasteiger partial charge in [-0.3, -0.25) is 5.32 Å². The number of nitrogens with one attached hydrogen (secondary N) is 1. The standard InChI is InChI=1S/C11H10N2O2/c1-3-11(2)8-6-7(12)4-5-9(8)13-10(14)15-11/h1,4-6H,12H2,2H3,(H,13,14). The average molecular weight is 202 g/mol. The first-order valence-corrected chi connectivity index (χ1v) is 4.43. The Hall–Kier alpha value is -2.15. The number of hydrogen-bond donors (Lipinski definition) is 2. The topological polar surface area (TPSA) is 64.3 Å². The summed E-state index contributed by atoms with van der Waals surface area (Å²) in [6.07, 6.45) is 4.82. The first-order chi connectivity index (χ1) is 7.05. The molecule has 1 atom stereocenters. The number of anilines is 2. The van der Waals surface area contributed by atoms with Gasteiger partial charge < -0.3 is 10.5 Å². The first kappa shape index (κ1) is 9.41. The predicted octanol–water partition coefficient (Wildman–Crippen LogP) is 1.68. The number of cyclic esters (lactones) is 1. The van der Waals surface area contributed by atoms with Crippen molar-refractivity contribution in [2.45, 2.75) is 12.5 Å². The van der Waals surface area contributed by atoms with Crippen molar-refractivity contribution in [3.05, 3.63) is 23.8 Å². The van der Waals surface area contributed by atoms with E-state index >= 15 is 0 Å². The second-order valence-corrected chi connectivity index (χ2v) is 3.50. The molecule has 4 nitrogen and oxygen atoms in total. The van der Waals surface area contributed by atoms with Crippen molar-refractivity contribution in [3.8, 4) is 12.3 Å². The van der Waals surface area contributed by atoms with Crippen molar-refractivity contribution in [1.82, 2.24) is 0 Å². The van der Waals surface area contributed by atoms with Gasteiger partial charge in [0.2, 0.25) is 0 Å². The Morgan fingerprint density at radius 1 is 1.60 bits per heavy atom. The molecule has 0 saturated carbocycles. The van der Waals surface area contributed by atoms with Crippen molar-refractivity contribution < 1.29 is 9.53 Å². The van der Waals surface area contributed by atoms with E-state index in [9.17, 15) is 4.79 Å². The van der Waals surface area contributed by atoms with E-state index < -0.39 is 11.7 Å². The lowest BCUT2D eigenvalue weighted by Gasteiger charge is -2.31. The summed E-state index contributed by atoms with van der Waals surface area (Å²) >= 11 is 0. The van der Waals surface area contributed by atoms with Gasteiger partial charge in [-0.25, -0.2) is 4.79 Å². The van der Waals surface area contributed by atoms with E-state index in [4.69, 9.17) is 16.9 Å². The fourth-order valence-corrected chi connectivity index (χ4v) is 1.55. The maximum atomic E-state index is 11.2. The number of carbonyl (C=O) groups is 1. The van der Waals surface area contributed by atoms with Gasteiger partial charge >= 0.3 is 6.09 Å². The molecular formula is C11H10N2O2. The number of amides is 1. The Morgan fingerprint density at radius 2 is 2.33 bits per heavy atom. The Labute approximate surface area is 87.4 Å². The molecule has 0 radical (unpaired) electrons. The van der Waals surface area contributed by atoms with Gasteiger partial charge in [0.25, 0.3) is 0 Å². The zero-order valence-corrected chi connectivity index (χ0v) is 8.20. The van der Waals surface area contributed by atoms with Crippen molar-refractivity contribution in [2.24, 2.45) is 0 Å². The molecule has 1 aliphatic rings. The lowest BCUT2D eigenvalue weighted by Crippen LogP contribution is -2.36. The molecule has 3 N–H and O–H groups in total. The first-order valence-electron chi connectivity index (χ1n) is 4.43. The van der Waals surface area contributed by atoms with Crippen LogP contribution in [-0.2, 0) is 10.3 Å². The largest absolute Gasteiger partial charge is 0.425 e. The van der Waals surface area contributed by atoms with Crippen LogP contribution in [0.1, 0.15) is 12.5 Å².